The molecule has 0 radical (unpaired) electrons. The molecule has 0 saturated heterocycles. The molecule has 0 bridgehead atoms. The molecule has 3 nitrogen and oxygen atoms in total. The first kappa shape index (κ1) is 14.7. The van der Waals surface area contributed by atoms with E-state index in [4.69, 9.17) is 5.73 Å². The predicted octanol–water partition coefficient (Wildman–Crippen LogP) is 3.22. The van der Waals surface area contributed by atoms with Crippen LogP contribution in [0.15, 0.2) is 18.2 Å². The molecule has 0 aliphatic rings. The molecule has 0 fully saturated rings. The van der Waals surface area contributed by atoms with Gasteiger partial charge in [-0.3, -0.25) is 4.79 Å². The van der Waals surface area contributed by atoms with E-state index >= 15 is 0 Å². The standard InChI is InChI=1S/C15H24N2O/c1-9(2)12-7-6-8-13(10(3)4)14(12)17-15(18)11(5)16/h6-11H,16H2,1-5H3,(H,17,18). The van der Waals surface area contributed by atoms with Crippen molar-refractivity contribution in [2.24, 2.45) is 5.73 Å². The van der Waals surface area contributed by atoms with Gasteiger partial charge in [-0.15, -0.1) is 0 Å². The molecule has 1 atom stereocenters. The number of para-hydroxylation sites is 1. The minimum Gasteiger partial charge on any atom is -0.324 e. The van der Waals surface area contributed by atoms with Crippen molar-refractivity contribution in [1.29, 1.82) is 0 Å². The lowest BCUT2D eigenvalue weighted by Gasteiger charge is -2.20. The quantitative estimate of drug-likeness (QED) is 0.859. The van der Waals surface area contributed by atoms with Gasteiger partial charge in [0.05, 0.1) is 6.04 Å². The third-order valence-corrected chi connectivity index (χ3v) is 3.03. The maximum atomic E-state index is 11.8. The summed E-state index contributed by atoms with van der Waals surface area (Å²) in [6.45, 7) is 10.2. The van der Waals surface area contributed by atoms with Gasteiger partial charge in [-0.05, 0) is 29.9 Å². The largest absolute Gasteiger partial charge is 0.324 e. The van der Waals surface area contributed by atoms with Gasteiger partial charge in [-0.2, -0.15) is 0 Å². The van der Waals surface area contributed by atoms with Crippen LogP contribution in [0.1, 0.15) is 57.6 Å². The minimum absolute atomic E-state index is 0.134. The Kier molecular flexibility index (Phi) is 4.91. The van der Waals surface area contributed by atoms with Crippen LogP contribution in [0.4, 0.5) is 5.69 Å². The summed E-state index contributed by atoms with van der Waals surface area (Å²) in [7, 11) is 0. The second-order valence-electron chi connectivity index (χ2n) is 5.40. The fraction of sp³-hybridized carbons (Fsp3) is 0.533. The highest BCUT2D eigenvalue weighted by atomic mass is 16.2. The Balaban J connectivity index is 3.23. The number of anilines is 1. The number of hydrogen-bond acceptors (Lipinski definition) is 2. The van der Waals surface area contributed by atoms with E-state index in [2.05, 4.69) is 45.1 Å². The molecule has 0 saturated carbocycles. The van der Waals surface area contributed by atoms with Gasteiger partial charge in [0.15, 0.2) is 0 Å². The van der Waals surface area contributed by atoms with Crippen molar-refractivity contribution in [3.63, 3.8) is 0 Å². The molecule has 1 aromatic rings. The van der Waals surface area contributed by atoms with E-state index in [1.807, 2.05) is 6.07 Å². The fourth-order valence-corrected chi connectivity index (χ4v) is 1.93. The first-order valence-electron chi connectivity index (χ1n) is 6.53. The smallest absolute Gasteiger partial charge is 0.241 e. The SMILES string of the molecule is CC(N)C(=O)Nc1c(C(C)C)cccc1C(C)C. The molecule has 1 aromatic carbocycles. The van der Waals surface area contributed by atoms with Gasteiger partial charge in [0.1, 0.15) is 0 Å². The van der Waals surface area contributed by atoms with Gasteiger partial charge >= 0.3 is 0 Å². The van der Waals surface area contributed by atoms with E-state index in [0.29, 0.717) is 11.8 Å². The number of rotatable bonds is 4. The summed E-state index contributed by atoms with van der Waals surface area (Å²) >= 11 is 0. The summed E-state index contributed by atoms with van der Waals surface area (Å²) in [5, 5.41) is 2.98. The first-order valence-corrected chi connectivity index (χ1v) is 6.53. The maximum absolute atomic E-state index is 11.8. The van der Waals surface area contributed by atoms with Crippen LogP contribution in [-0.4, -0.2) is 11.9 Å². The van der Waals surface area contributed by atoms with Crippen LogP contribution in [0.25, 0.3) is 0 Å². The van der Waals surface area contributed by atoms with Crippen LogP contribution >= 0.6 is 0 Å². The zero-order chi connectivity index (χ0) is 13.9. The average molecular weight is 248 g/mol. The minimum atomic E-state index is -0.495. The van der Waals surface area contributed by atoms with Gasteiger partial charge in [0.2, 0.25) is 5.91 Å². The number of carbonyl (C=O) groups excluding carboxylic acids is 1. The van der Waals surface area contributed by atoms with Crippen molar-refractivity contribution in [3.8, 4) is 0 Å². The van der Waals surface area contributed by atoms with Crippen molar-refractivity contribution in [2.75, 3.05) is 5.32 Å². The Hall–Kier alpha value is -1.35. The molecule has 3 heteroatoms. The monoisotopic (exact) mass is 248 g/mol. The Labute approximate surface area is 110 Å². The van der Waals surface area contributed by atoms with E-state index in [9.17, 15) is 4.79 Å². The van der Waals surface area contributed by atoms with Gasteiger partial charge in [-0.25, -0.2) is 0 Å². The molecule has 0 aliphatic carbocycles. The highest BCUT2D eigenvalue weighted by Gasteiger charge is 2.17. The number of amides is 1. The molecule has 18 heavy (non-hydrogen) atoms. The lowest BCUT2D eigenvalue weighted by Crippen LogP contribution is -2.33. The number of nitrogens with two attached hydrogens (primary N) is 1. The molecule has 1 amide bonds. The summed E-state index contributed by atoms with van der Waals surface area (Å²) in [6, 6.07) is 5.68. The number of hydrogen-bond donors (Lipinski definition) is 2. The van der Waals surface area contributed by atoms with Gasteiger partial charge < -0.3 is 11.1 Å². The second kappa shape index (κ2) is 6.01. The van der Waals surface area contributed by atoms with Crippen LogP contribution < -0.4 is 11.1 Å². The zero-order valence-electron chi connectivity index (χ0n) is 11.9. The lowest BCUT2D eigenvalue weighted by atomic mass is 9.92. The Morgan fingerprint density at radius 3 is 1.83 bits per heavy atom. The van der Waals surface area contributed by atoms with Gasteiger partial charge in [0, 0.05) is 5.69 Å². The number of carbonyl (C=O) groups is 1. The van der Waals surface area contributed by atoms with E-state index in [-0.39, 0.29) is 5.91 Å². The molecule has 0 aromatic heterocycles. The Morgan fingerprint density at radius 2 is 1.50 bits per heavy atom. The summed E-state index contributed by atoms with van der Waals surface area (Å²) in [5.41, 5.74) is 8.88. The van der Waals surface area contributed by atoms with Crippen LogP contribution in [0.2, 0.25) is 0 Å². The zero-order valence-corrected chi connectivity index (χ0v) is 11.9. The van der Waals surface area contributed by atoms with Crippen molar-refractivity contribution in [3.05, 3.63) is 29.3 Å². The van der Waals surface area contributed by atoms with Crippen molar-refractivity contribution >= 4 is 11.6 Å². The third-order valence-electron chi connectivity index (χ3n) is 3.03. The highest BCUT2D eigenvalue weighted by Crippen LogP contribution is 2.32. The van der Waals surface area contributed by atoms with Crippen LogP contribution in [0.5, 0.6) is 0 Å². The van der Waals surface area contributed by atoms with Crippen molar-refractivity contribution in [1.82, 2.24) is 0 Å². The third kappa shape index (κ3) is 3.33. The molecule has 0 heterocycles. The fourth-order valence-electron chi connectivity index (χ4n) is 1.93. The molecular weight excluding hydrogens is 224 g/mol. The predicted molar refractivity (Wildman–Crippen MR) is 76.9 cm³/mol. The molecule has 3 N–H and O–H groups in total. The summed E-state index contributed by atoms with van der Waals surface area (Å²) in [5.74, 6) is 0.601. The number of nitrogens with one attached hydrogen (secondary N) is 1. The summed E-state index contributed by atoms with van der Waals surface area (Å²) < 4.78 is 0. The van der Waals surface area contributed by atoms with Crippen LogP contribution in [-0.2, 0) is 4.79 Å². The molecular formula is C15H24N2O. The second-order valence-corrected chi connectivity index (χ2v) is 5.40. The average Bonchev–Trinajstić information content (AvgIpc) is 2.28. The van der Waals surface area contributed by atoms with E-state index in [1.54, 1.807) is 6.92 Å². The normalized spacial score (nSPS) is 12.9. The summed E-state index contributed by atoms with van der Waals surface area (Å²) in [6.07, 6.45) is 0. The number of benzene rings is 1. The molecule has 0 aliphatic heterocycles. The van der Waals surface area contributed by atoms with Crippen LogP contribution in [0, 0.1) is 0 Å². The molecule has 0 spiro atoms. The van der Waals surface area contributed by atoms with E-state index < -0.39 is 6.04 Å². The van der Waals surface area contributed by atoms with Crippen molar-refractivity contribution in [2.45, 2.75) is 52.5 Å². The molecule has 100 valence electrons. The maximum Gasteiger partial charge on any atom is 0.241 e. The lowest BCUT2D eigenvalue weighted by molar-refractivity contribution is -0.117. The van der Waals surface area contributed by atoms with E-state index in [0.717, 1.165) is 16.8 Å². The first-order chi connectivity index (χ1) is 8.34. The van der Waals surface area contributed by atoms with Crippen LogP contribution in [0.3, 0.4) is 0 Å². The molecule has 1 unspecified atom stereocenters. The molecule has 1 rings (SSSR count). The van der Waals surface area contributed by atoms with E-state index in [1.165, 1.54) is 0 Å². The summed E-state index contributed by atoms with van der Waals surface area (Å²) in [4.78, 5) is 11.8. The van der Waals surface area contributed by atoms with Crippen molar-refractivity contribution < 1.29 is 4.79 Å². The highest BCUT2D eigenvalue weighted by molar-refractivity contribution is 5.96. The van der Waals surface area contributed by atoms with Gasteiger partial charge in [-0.1, -0.05) is 45.9 Å². The Morgan fingerprint density at radius 1 is 1.06 bits per heavy atom. The van der Waals surface area contributed by atoms with Gasteiger partial charge in [0.25, 0.3) is 0 Å². The topological polar surface area (TPSA) is 55.1 Å². The Bertz CT molecular complexity index is 396.